The van der Waals surface area contributed by atoms with Gasteiger partial charge in [-0.15, -0.1) is 6.58 Å². The Hall–Kier alpha value is -2.22. The quantitative estimate of drug-likeness (QED) is 0.458. The van der Waals surface area contributed by atoms with Crippen molar-refractivity contribution in [3.8, 4) is 11.1 Å². The summed E-state index contributed by atoms with van der Waals surface area (Å²) in [4.78, 5) is 4.20. The Bertz CT molecular complexity index is 753. The van der Waals surface area contributed by atoms with E-state index in [-0.39, 0.29) is 5.83 Å². The molecule has 1 nitrogen and oxygen atoms in total. The van der Waals surface area contributed by atoms with E-state index < -0.39 is 0 Å². The van der Waals surface area contributed by atoms with Crippen molar-refractivity contribution in [3.63, 3.8) is 0 Å². The van der Waals surface area contributed by atoms with Crippen molar-refractivity contribution < 1.29 is 4.39 Å². The highest BCUT2D eigenvalue weighted by Gasteiger charge is 2.07. The van der Waals surface area contributed by atoms with Gasteiger partial charge in [0, 0.05) is 11.8 Å². The van der Waals surface area contributed by atoms with Crippen LogP contribution in [0.3, 0.4) is 0 Å². The summed E-state index contributed by atoms with van der Waals surface area (Å²) in [5.74, 6) is 0.660. The summed E-state index contributed by atoms with van der Waals surface area (Å²) < 4.78 is 13.5. The van der Waals surface area contributed by atoms with Crippen LogP contribution >= 0.6 is 0 Å². The third kappa shape index (κ3) is 10.8. The number of halogens is 1. The molecule has 0 saturated carbocycles. The average Bonchev–Trinajstić information content (AvgIpc) is 2.73. The van der Waals surface area contributed by atoms with Gasteiger partial charge in [-0.25, -0.2) is 4.39 Å². The van der Waals surface area contributed by atoms with E-state index in [1.165, 1.54) is 30.1 Å². The number of nitrogens with zero attached hydrogens (tertiary/aromatic N) is 1. The van der Waals surface area contributed by atoms with Crippen LogP contribution < -0.4 is 0 Å². The molecule has 160 valence electrons. The summed E-state index contributed by atoms with van der Waals surface area (Å²) in [5.41, 5.74) is 5.87. The first kappa shape index (κ1) is 26.8. The van der Waals surface area contributed by atoms with Crippen LogP contribution in [0, 0.1) is 19.8 Å². The molecule has 0 spiro atoms. The third-order valence-corrected chi connectivity index (χ3v) is 4.94. The van der Waals surface area contributed by atoms with E-state index in [1.807, 2.05) is 19.9 Å². The van der Waals surface area contributed by atoms with E-state index in [4.69, 9.17) is 0 Å². The minimum absolute atomic E-state index is 0.275. The highest BCUT2D eigenvalue weighted by Crippen LogP contribution is 2.24. The smallest absolute Gasteiger partial charge is 0.144 e. The number of hydrogen-bond acceptors (Lipinski definition) is 1. The van der Waals surface area contributed by atoms with Gasteiger partial charge < -0.3 is 0 Å². The average molecular weight is 398 g/mol. The molecule has 0 fully saturated rings. The van der Waals surface area contributed by atoms with Crippen LogP contribution in [0.2, 0.25) is 0 Å². The number of pyridine rings is 1. The van der Waals surface area contributed by atoms with Crippen molar-refractivity contribution in [1.29, 1.82) is 0 Å². The van der Waals surface area contributed by atoms with Gasteiger partial charge in [0.2, 0.25) is 0 Å². The molecular formula is C27H40FN. The van der Waals surface area contributed by atoms with Crippen LogP contribution in [-0.2, 0) is 0 Å². The minimum atomic E-state index is -0.275. The van der Waals surface area contributed by atoms with Crippen molar-refractivity contribution in [3.05, 3.63) is 71.6 Å². The molecule has 0 aliphatic rings. The lowest BCUT2D eigenvalue weighted by Crippen LogP contribution is -1.91. The van der Waals surface area contributed by atoms with Crippen LogP contribution in [0.5, 0.6) is 0 Å². The molecule has 0 unspecified atom stereocenters. The third-order valence-electron chi connectivity index (χ3n) is 4.94. The zero-order chi connectivity index (χ0) is 22.4. The summed E-state index contributed by atoms with van der Waals surface area (Å²) >= 11 is 0. The van der Waals surface area contributed by atoms with Gasteiger partial charge in [-0.3, -0.25) is 4.98 Å². The first-order chi connectivity index (χ1) is 13.7. The molecule has 1 aromatic carbocycles. The number of allylic oxidation sites excluding steroid dienone is 2. The lowest BCUT2D eigenvalue weighted by atomic mass is 10.0. The summed E-state index contributed by atoms with van der Waals surface area (Å²) in [6, 6.07) is 10.2. The number of aryl methyl sites for hydroxylation is 2. The fourth-order valence-electron chi connectivity index (χ4n) is 2.15. The standard InChI is InChI=1S/C16H16FN.C6H14.C5H10/c1-4-15(17)16-12(3)9-14(10-18-16)13-7-5-11(2)6-8-13;1-4-6(3)5-2;1-4-5(2)3/h4-10H,1-3H3;6H,4-5H2,1-3H3;2,4H2,1,3H3/b15-4+;;. The van der Waals surface area contributed by atoms with Gasteiger partial charge >= 0.3 is 0 Å². The van der Waals surface area contributed by atoms with Crippen molar-refractivity contribution in [1.82, 2.24) is 4.98 Å². The van der Waals surface area contributed by atoms with E-state index in [9.17, 15) is 4.39 Å². The highest BCUT2D eigenvalue weighted by molar-refractivity contribution is 5.67. The number of hydrogen-bond donors (Lipinski definition) is 0. The Labute approximate surface area is 178 Å². The SMILES string of the molecule is C/C=C(/F)c1ncc(-c2ccc(C)cc2)cc1C.C=C(C)CC.CCC(C)CC. The van der Waals surface area contributed by atoms with Gasteiger partial charge in [-0.05, 0) is 63.3 Å². The first-order valence-electron chi connectivity index (χ1n) is 10.7. The molecule has 0 aliphatic heterocycles. The van der Waals surface area contributed by atoms with E-state index >= 15 is 0 Å². The number of rotatable bonds is 5. The number of benzene rings is 1. The molecule has 2 rings (SSSR count). The van der Waals surface area contributed by atoms with E-state index in [1.54, 1.807) is 13.1 Å². The zero-order valence-electron chi connectivity index (χ0n) is 19.8. The van der Waals surface area contributed by atoms with Gasteiger partial charge in [-0.1, -0.05) is 75.9 Å². The van der Waals surface area contributed by atoms with Crippen LogP contribution in [0.4, 0.5) is 4.39 Å². The zero-order valence-corrected chi connectivity index (χ0v) is 19.8. The molecule has 2 heteroatoms. The maximum atomic E-state index is 13.5. The van der Waals surface area contributed by atoms with E-state index in [2.05, 4.69) is 70.4 Å². The fraction of sp³-hybridized carbons (Fsp3) is 0.444. The molecule has 0 bridgehead atoms. The Morgan fingerprint density at radius 3 is 1.93 bits per heavy atom. The largest absolute Gasteiger partial charge is 0.253 e. The predicted octanol–water partition coefficient (Wildman–Crippen LogP) is 9.11. The Balaban J connectivity index is 0.000000591. The van der Waals surface area contributed by atoms with Crippen molar-refractivity contribution >= 4 is 5.83 Å². The molecule has 2 aromatic rings. The van der Waals surface area contributed by atoms with E-state index in [0.29, 0.717) is 5.69 Å². The van der Waals surface area contributed by atoms with E-state index in [0.717, 1.165) is 29.0 Å². The molecule has 0 radical (unpaired) electrons. The lowest BCUT2D eigenvalue weighted by molar-refractivity contribution is 0.544. The second-order valence-electron chi connectivity index (χ2n) is 7.62. The molecule has 0 N–H and O–H groups in total. The summed E-state index contributed by atoms with van der Waals surface area (Å²) in [6.45, 7) is 20.1. The molecular weight excluding hydrogens is 357 g/mol. The molecule has 0 amide bonds. The lowest BCUT2D eigenvalue weighted by Gasteiger charge is -2.06. The van der Waals surface area contributed by atoms with Gasteiger partial charge in [0.1, 0.15) is 11.5 Å². The summed E-state index contributed by atoms with van der Waals surface area (Å²) in [7, 11) is 0. The maximum Gasteiger partial charge on any atom is 0.144 e. The summed E-state index contributed by atoms with van der Waals surface area (Å²) in [6.07, 6.45) is 6.92. The van der Waals surface area contributed by atoms with Crippen molar-refractivity contribution in [2.24, 2.45) is 5.92 Å². The monoisotopic (exact) mass is 397 g/mol. The normalized spacial score (nSPS) is 10.6. The minimum Gasteiger partial charge on any atom is -0.253 e. The fourth-order valence-corrected chi connectivity index (χ4v) is 2.15. The van der Waals surface area contributed by atoms with Crippen molar-refractivity contribution in [2.45, 2.75) is 74.7 Å². The molecule has 1 heterocycles. The van der Waals surface area contributed by atoms with Crippen LogP contribution in [0.25, 0.3) is 17.0 Å². The topological polar surface area (TPSA) is 12.9 Å². The van der Waals surface area contributed by atoms with Gasteiger partial charge in [0.15, 0.2) is 0 Å². The Kier molecular flexibility index (Phi) is 13.6. The molecule has 0 saturated heterocycles. The number of aromatic nitrogens is 1. The van der Waals surface area contributed by atoms with Crippen LogP contribution in [-0.4, -0.2) is 4.98 Å². The van der Waals surface area contributed by atoms with Gasteiger partial charge in [0.05, 0.1) is 0 Å². The van der Waals surface area contributed by atoms with Gasteiger partial charge in [-0.2, -0.15) is 0 Å². The Morgan fingerprint density at radius 2 is 1.59 bits per heavy atom. The Morgan fingerprint density at radius 1 is 1.07 bits per heavy atom. The predicted molar refractivity (Wildman–Crippen MR) is 129 cm³/mol. The molecule has 29 heavy (non-hydrogen) atoms. The highest BCUT2D eigenvalue weighted by atomic mass is 19.1. The van der Waals surface area contributed by atoms with Crippen molar-refractivity contribution in [2.75, 3.05) is 0 Å². The maximum absolute atomic E-state index is 13.5. The molecule has 0 aliphatic carbocycles. The first-order valence-corrected chi connectivity index (χ1v) is 10.7. The second kappa shape index (κ2) is 14.7. The summed E-state index contributed by atoms with van der Waals surface area (Å²) in [5, 5.41) is 0. The second-order valence-corrected chi connectivity index (χ2v) is 7.62. The molecule has 1 aromatic heterocycles. The van der Waals surface area contributed by atoms with Crippen LogP contribution in [0.1, 0.15) is 77.6 Å². The van der Waals surface area contributed by atoms with Gasteiger partial charge in [0.25, 0.3) is 0 Å². The van der Waals surface area contributed by atoms with Crippen LogP contribution in [0.15, 0.2) is 54.8 Å². The molecule has 0 atom stereocenters.